The normalized spacial score (nSPS) is 18.9. The summed E-state index contributed by atoms with van der Waals surface area (Å²) in [6, 6.07) is 9.25. The molecule has 2 aromatic heterocycles. The lowest BCUT2D eigenvalue weighted by atomic mass is 9.91. The number of hydrogen-bond donors (Lipinski definition) is 3. The molecule has 0 aliphatic heterocycles. The summed E-state index contributed by atoms with van der Waals surface area (Å²) in [6.45, 7) is 12.8. The van der Waals surface area contributed by atoms with Crippen molar-refractivity contribution in [3.05, 3.63) is 47.3 Å². The Bertz CT molecular complexity index is 1470. The fourth-order valence-corrected chi connectivity index (χ4v) is 6.61. The Hall–Kier alpha value is -3.37. The molecule has 5 rings (SSSR count). The van der Waals surface area contributed by atoms with Crippen LogP contribution in [0.3, 0.4) is 0 Å². The second kappa shape index (κ2) is 13.1. The smallest absolute Gasteiger partial charge is 0.404 e. The summed E-state index contributed by atoms with van der Waals surface area (Å²) in [5, 5.41) is 14.9. The van der Waals surface area contributed by atoms with E-state index in [4.69, 9.17) is 19.6 Å². The largest absolute Gasteiger partial charge is 0.493 e. The second-order valence-electron chi connectivity index (χ2n) is 13.5. The van der Waals surface area contributed by atoms with Crippen molar-refractivity contribution in [3.8, 4) is 16.9 Å². The first-order chi connectivity index (χ1) is 20.5. The minimum atomic E-state index is -1.27. The van der Waals surface area contributed by atoms with Gasteiger partial charge in [0.15, 0.2) is 0 Å². The summed E-state index contributed by atoms with van der Waals surface area (Å²) < 4.78 is 14.7. The van der Waals surface area contributed by atoms with Crippen LogP contribution in [0.1, 0.15) is 60.1 Å². The van der Waals surface area contributed by atoms with E-state index in [1.54, 1.807) is 6.20 Å². The summed E-state index contributed by atoms with van der Waals surface area (Å²) in [4.78, 5) is 29.7. The van der Waals surface area contributed by atoms with E-state index in [1.165, 1.54) is 12.8 Å². The molecule has 0 atom stereocenters. The highest BCUT2D eigenvalue weighted by molar-refractivity contribution is 6.76. The van der Waals surface area contributed by atoms with Crippen LogP contribution in [-0.2, 0) is 11.5 Å². The lowest BCUT2D eigenvalue weighted by Crippen LogP contribution is -2.43. The zero-order valence-corrected chi connectivity index (χ0v) is 27.2. The number of amides is 2. The molecule has 2 saturated carbocycles. The summed E-state index contributed by atoms with van der Waals surface area (Å²) in [5.41, 5.74) is 5.98. The zero-order valence-electron chi connectivity index (χ0n) is 26.2. The molecule has 1 aromatic carbocycles. The van der Waals surface area contributed by atoms with Crippen LogP contribution in [0.2, 0.25) is 25.7 Å². The highest BCUT2D eigenvalue weighted by atomic mass is 28.3. The van der Waals surface area contributed by atoms with Gasteiger partial charge in [0.1, 0.15) is 18.0 Å². The van der Waals surface area contributed by atoms with Crippen LogP contribution in [0, 0.1) is 19.8 Å². The summed E-state index contributed by atoms with van der Waals surface area (Å²) in [7, 11) is -1.27. The van der Waals surface area contributed by atoms with Crippen LogP contribution in [0.15, 0.2) is 30.5 Å². The van der Waals surface area contributed by atoms with Crippen LogP contribution in [-0.4, -0.2) is 60.0 Å². The Balaban J connectivity index is 1.49. The van der Waals surface area contributed by atoms with E-state index in [-0.39, 0.29) is 18.0 Å². The third-order valence-electron chi connectivity index (χ3n) is 8.63. The topological polar surface area (TPSA) is 115 Å². The molecule has 3 aromatic rings. The predicted octanol–water partition coefficient (Wildman–Crippen LogP) is 6.73. The van der Waals surface area contributed by atoms with Crippen LogP contribution < -0.4 is 15.4 Å². The van der Waals surface area contributed by atoms with Gasteiger partial charge in [-0.2, -0.15) is 0 Å². The molecule has 2 aliphatic rings. The Morgan fingerprint density at radius 3 is 2.35 bits per heavy atom. The third-order valence-corrected chi connectivity index (χ3v) is 10.3. The van der Waals surface area contributed by atoms with Gasteiger partial charge >= 0.3 is 6.09 Å². The van der Waals surface area contributed by atoms with E-state index in [0.29, 0.717) is 49.8 Å². The molecular weight excluding hydrogens is 560 g/mol. The number of aryl methyl sites for hydroxylation is 1. The lowest BCUT2D eigenvalue weighted by Gasteiger charge is -2.28. The Morgan fingerprint density at radius 2 is 1.70 bits per heavy atom. The predicted molar refractivity (Wildman–Crippen MR) is 172 cm³/mol. The second-order valence-corrected chi connectivity index (χ2v) is 19.1. The van der Waals surface area contributed by atoms with Gasteiger partial charge in [-0.05, 0) is 82.5 Å². The highest BCUT2D eigenvalue weighted by Gasteiger charge is 2.29. The number of nitrogens with zero attached hydrogens (tertiary/aromatic N) is 2. The maximum atomic E-state index is 13.9. The van der Waals surface area contributed by atoms with Gasteiger partial charge in [-0.25, -0.2) is 4.79 Å². The molecule has 2 fully saturated rings. The van der Waals surface area contributed by atoms with E-state index in [9.17, 15) is 9.59 Å². The number of ether oxygens (including phenoxy) is 2. The van der Waals surface area contributed by atoms with Gasteiger partial charge in [0, 0.05) is 49.8 Å². The first-order valence-electron chi connectivity index (χ1n) is 15.6. The SMILES string of the molecule is Cc1ccc(OCC2CC2)c(-c2ccnc3c(C(=O)N[C@H]4CC[C@H](NC(=O)O)CC4)c(C)n(COCC[Si](C)(C)C)c23)c1. The number of carbonyl (C=O) groups is 2. The Kier molecular flexibility index (Phi) is 9.46. The molecule has 9 nitrogen and oxygen atoms in total. The Morgan fingerprint density at radius 1 is 1.00 bits per heavy atom. The average molecular weight is 607 g/mol. The van der Waals surface area contributed by atoms with Crippen molar-refractivity contribution in [1.29, 1.82) is 0 Å². The van der Waals surface area contributed by atoms with Gasteiger partial charge in [0.25, 0.3) is 5.91 Å². The molecule has 43 heavy (non-hydrogen) atoms. The molecule has 0 unspecified atom stereocenters. The maximum absolute atomic E-state index is 13.9. The molecule has 10 heteroatoms. The van der Waals surface area contributed by atoms with Crippen molar-refractivity contribution in [2.75, 3.05) is 13.2 Å². The average Bonchev–Trinajstić information content (AvgIpc) is 3.73. The van der Waals surface area contributed by atoms with Gasteiger partial charge in [-0.1, -0.05) is 31.3 Å². The number of carboxylic acid groups (broad SMARTS) is 1. The monoisotopic (exact) mass is 606 g/mol. The van der Waals surface area contributed by atoms with Crippen molar-refractivity contribution in [2.45, 2.75) is 96.9 Å². The third kappa shape index (κ3) is 7.78. The van der Waals surface area contributed by atoms with Crippen LogP contribution in [0.25, 0.3) is 22.2 Å². The number of carbonyl (C=O) groups excluding carboxylic acids is 1. The van der Waals surface area contributed by atoms with Crippen molar-refractivity contribution in [2.24, 2.45) is 5.92 Å². The van der Waals surface area contributed by atoms with Gasteiger partial charge < -0.3 is 29.8 Å². The van der Waals surface area contributed by atoms with Crippen LogP contribution in [0.4, 0.5) is 4.79 Å². The van der Waals surface area contributed by atoms with Gasteiger partial charge in [0.05, 0.1) is 17.7 Å². The van der Waals surface area contributed by atoms with Crippen LogP contribution >= 0.6 is 0 Å². The lowest BCUT2D eigenvalue weighted by molar-refractivity contribution is 0.0878. The summed E-state index contributed by atoms with van der Waals surface area (Å²) in [6.07, 6.45) is 6.04. The quantitative estimate of drug-likeness (QED) is 0.156. The van der Waals surface area contributed by atoms with Gasteiger partial charge in [-0.3, -0.25) is 9.78 Å². The fraction of sp³-hybridized carbons (Fsp3) is 0.545. The minimum absolute atomic E-state index is 0.0208. The molecule has 3 N–H and O–H groups in total. The van der Waals surface area contributed by atoms with E-state index in [1.807, 2.05) is 19.1 Å². The number of hydrogen-bond acceptors (Lipinski definition) is 5. The number of aromatic nitrogens is 2. The standard InChI is InChI=1S/C33H46N4O5Si/c1-21-6-13-28(42-19-23-7-8-23)27(18-21)26-14-15-34-30-29(22(2)37(31(26)30)20-41-16-17-43(3,4)5)32(38)35-24-9-11-25(12-10-24)36-33(39)40/h6,13-15,18,23-25,36H,7-12,16-17,19-20H2,1-5H3,(H,35,38)(H,39,40)/t24-,25-. The first kappa shape index (κ1) is 31.1. The Labute approximate surface area is 255 Å². The zero-order chi connectivity index (χ0) is 30.7. The molecule has 0 saturated heterocycles. The van der Waals surface area contributed by atoms with E-state index >= 15 is 0 Å². The summed E-state index contributed by atoms with van der Waals surface area (Å²) >= 11 is 0. The van der Waals surface area contributed by atoms with E-state index in [0.717, 1.165) is 52.5 Å². The molecule has 2 amide bonds. The number of pyridine rings is 1. The molecule has 2 heterocycles. The van der Waals surface area contributed by atoms with E-state index < -0.39 is 14.2 Å². The summed E-state index contributed by atoms with van der Waals surface area (Å²) in [5.74, 6) is 1.31. The van der Waals surface area contributed by atoms with Crippen molar-refractivity contribution in [1.82, 2.24) is 20.2 Å². The maximum Gasteiger partial charge on any atom is 0.404 e. The molecule has 0 spiro atoms. The van der Waals surface area contributed by atoms with Crippen molar-refractivity contribution < 1.29 is 24.2 Å². The number of nitrogens with one attached hydrogen (secondary N) is 2. The molecule has 2 aliphatic carbocycles. The molecular formula is C33H46N4O5Si. The number of rotatable bonds is 12. The number of benzene rings is 1. The highest BCUT2D eigenvalue weighted by Crippen LogP contribution is 2.39. The molecule has 0 radical (unpaired) electrons. The molecule has 0 bridgehead atoms. The first-order valence-corrected chi connectivity index (χ1v) is 19.3. The molecule has 232 valence electrons. The van der Waals surface area contributed by atoms with Crippen LogP contribution in [0.5, 0.6) is 5.75 Å². The fourth-order valence-electron chi connectivity index (χ4n) is 5.86. The van der Waals surface area contributed by atoms with Crippen molar-refractivity contribution in [3.63, 3.8) is 0 Å². The van der Waals surface area contributed by atoms with Gasteiger partial charge in [-0.15, -0.1) is 0 Å². The minimum Gasteiger partial charge on any atom is -0.493 e. The van der Waals surface area contributed by atoms with Crippen molar-refractivity contribution >= 4 is 31.1 Å². The van der Waals surface area contributed by atoms with E-state index in [2.05, 4.69) is 53.9 Å². The number of fused-ring (bicyclic) bond motifs is 1. The van der Waals surface area contributed by atoms with Gasteiger partial charge in [0.2, 0.25) is 0 Å².